The molecule has 1 aromatic rings. The summed E-state index contributed by atoms with van der Waals surface area (Å²) in [6, 6.07) is 5.91. The lowest BCUT2D eigenvalue weighted by atomic mass is 10.3. The molecular formula is C8H7N3O2. The average Bonchev–Trinajstić information content (AvgIpc) is 2.17. The van der Waals surface area contributed by atoms with Crippen LogP contribution in [-0.2, 0) is 0 Å². The number of anilines is 1. The van der Waals surface area contributed by atoms with Gasteiger partial charge in [-0.3, -0.25) is 15.0 Å². The van der Waals surface area contributed by atoms with Gasteiger partial charge in [0.15, 0.2) is 6.19 Å². The summed E-state index contributed by atoms with van der Waals surface area (Å²) in [5, 5.41) is 18.9. The normalized spacial score (nSPS) is 8.92. The van der Waals surface area contributed by atoms with Gasteiger partial charge in [0.25, 0.3) is 5.69 Å². The third-order valence-corrected chi connectivity index (χ3v) is 1.58. The minimum atomic E-state index is -0.491. The highest BCUT2D eigenvalue weighted by Gasteiger charge is 2.07. The third-order valence-electron chi connectivity index (χ3n) is 1.58. The summed E-state index contributed by atoms with van der Waals surface area (Å²) in [6.07, 6.45) is 1.86. The first-order valence-electron chi connectivity index (χ1n) is 3.53. The second-order valence-corrected chi connectivity index (χ2v) is 2.44. The number of rotatable bonds is 2. The Hall–Kier alpha value is -2.09. The highest BCUT2D eigenvalue weighted by atomic mass is 16.6. The van der Waals surface area contributed by atoms with Gasteiger partial charge in [-0.15, -0.1) is 0 Å². The molecule has 0 heterocycles. The van der Waals surface area contributed by atoms with E-state index < -0.39 is 4.92 Å². The van der Waals surface area contributed by atoms with E-state index in [-0.39, 0.29) is 5.69 Å². The molecule has 0 aromatic heterocycles. The molecule has 66 valence electrons. The highest BCUT2D eigenvalue weighted by Crippen LogP contribution is 2.19. The van der Waals surface area contributed by atoms with Gasteiger partial charge in [-0.1, -0.05) is 6.07 Å². The van der Waals surface area contributed by atoms with Crippen LogP contribution in [-0.4, -0.2) is 12.0 Å². The maximum Gasteiger partial charge on any atom is 0.271 e. The van der Waals surface area contributed by atoms with Crippen LogP contribution in [0.25, 0.3) is 0 Å². The topological polar surface area (TPSA) is 70.2 Å². The lowest BCUT2D eigenvalue weighted by Gasteiger charge is -2.06. The molecule has 0 unspecified atom stereocenters. The maximum absolute atomic E-state index is 10.4. The average molecular weight is 177 g/mol. The van der Waals surface area contributed by atoms with E-state index in [0.717, 1.165) is 0 Å². The van der Waals surface area contributed by atoms with Crippen molar-refractivity contribution in [3.63, 3.8) is 0 Å². The number of nitro groups is 1. The van der Waals surface area contributed by atoms with Gasteiger partial charge in [-0.2, -0.15) is 5.26 Å². The Balaban J connectivity index is 3.07. The minimum Gasteiger partial charge on any atom is -0.282 e. The second-order valence-electron chi connectivity index (χ2n) is 2.44. The van der Waals surface area contributed by atoms with Gasteiger partial charge in [0, 0.05) is 19.2 Å². The molecule has 0 bridgehead atoms. The van der Waals surface area contributed by atoms with Crippen LogP contribution >= 0.6 is 0 Å². The summed E-state index contributed by atoms with van der Waals surface area (Å²) in [5.74, 6) is 0. The van der Waals surface area contributed by atoms with Gasteiger partial charge in [0.1, 0.15) is 0 Å². The molecule has 0 saturated heterocycles. The van der Waals surface area contributed by atoms with Crippen molar-refractivity contribution in [3.8, 4) is 6.19 Å². The van der Waals surface area contributed by atoms with Crippen LogP contribution in [0.15, 0.2) is 24.3 Å². The van der Waals surface area contributed by atoms with Gasteiger partial charge in [-0.25, -0.2) is 0 Å². The van der Waals surface area contributed by atoms with Crippen LogP contribution < -0.4 is 4.90 Å². The first kappa shape index (κ1) is 9.00. The number of non-ortho nitro benzene ring substituents is 1. The number of hydrogen-bond donors (Lipinski definition) is 0. The molecule has 0 aliphatic heterocycles. The first-order chi connectivity index (χ1) is 6.15. The maximum atomic E-state index is 10.4. The van der Waals surface area contributed by atoms with Crippen molar-refractivity contribution >= 4 is 11.4 Å². The van der Waals surface area contributed by atoms with Crippen molar-refractivity contribution < 1.29 is 4.92 Å². The number of nitriles is 1. The van der Waals surface area contributed by atoms with Crippen LogP contribution in [0.3, 0.4) is 0 Å². The molecule has 1 rings (SSSR count). The SMILES string of the molecule is CN(C#N)c1cccc([N+](=O)[O-])c1. The molecule has 0 aliphatic rings. The van der Waals surface area contributed by atoms with Crippen molar-refractivity contribution in [1.29, 1.82) is 5.26 Å². The molecule has 1 aromatic carbocycles. The molecule has 0 amide bonds. The van der Waals surface area contributed by atoms with E-state index in [0.29, 0.717) is 5.69 Å². The Morgan fingerprint density at radius 2 is 2.31 bits per heavy atom. The number of benzene rings is 1. The van der Waals surface area contributed by atoms with E-state index in [1.165, 1.54) is 17.0 Å². The molecule has 5 heteroatoms. The Morgan fingerprint density at radius 3 is 2.85 bits per heavy atom. The van der Waals surface area contributed by atoms with E-state index in [1.54, 1.807) is 19.2 Å². The molecule has 5 nitrogen and oxygen atoms in total. The van der Waals surface area contributed by atoms with Crippen molar-refractivity contribution in [3.05, 3.63) is 34.4 Å². The zero-order chi connectivity index (χ0) is 9.84. The molecule has 13 heavy (non-hydrogen) atoms. The fourth-order valence-corrected chi connectivity index (χ4v) is 0.873. The quantitative estimate of drug-likeness (QED) is 0.297. The van der Waals surface area contributed by atoms with E-state index in [1.807, 2.05) is 6.19 Å². The molecule has 0 aliphatic carbocycles. The largest absolute Gasteiger partial charge is 0.282 e. The van der Waals surface area contributed by atoms with Crippen LogP contribution in [0.1, 0.15) is 0 Å². The summed E-state index contributed by atoms with van der Waals surface area (Å²) in [5.41, 5.74) is 0.497. The van der Waals surface area contributed by atoms with E-state index in [4.69, 9.17) is 5.26 Å². The Bertz CT molecular complexity index is 370. The summed E-state index contributed by atoms with van der Waals surface area (Å²) < 4.78 is 0. The number of nitrogens with zero attached hydrogens (tertiary/aromatic N) is 3. The highest BCUT2D eigenvalue weighted by molar-refractivity contribution is 5.54. The summed E-state index contributed by atoms with van der Waals surface area (Å²) >= 11 is 0. The van der Waals surface area contributed by atoms with Crippen molar-refractivity contribution in [2.75, 3.05) is 11.9 Å². The molecular weight excluding hydrogens is 170 g/mol. The Labute approximate surface area is 75.0 Å². The lowest BCUT2D eigenvalue weighted by molar-refractivity contribution is -0.384. The summed E-state index contributed by atoms with van der Waals surface area (Å²) in [7, 11) is 1.54. The van der Waals surface area contributed by atoms with Gasteiger partial charge in [0.05, 0.1) is 10.6 Å². The smallest absolute Gasteiger partial charge is 0.271 e. The molecule has 0 saturated carbocycles. The first-order valence-corrected chi connectivity index (χ1v) is 3.53. The number of hydrogen-bond acceptors (Lipinski definition) is 4. The molecule has 0 spiro atoms. The zero-order valence-electron chi connectivity index (χ0n) is 6.97. The lowest BCUT2D eigenvalue weighted by Crippen LogP contribution is -2.07. The minimum absolute atomic E-state index is 0.0143. The van der Waals surface area contributed by atoms with Crippen molar-refractivity contribution in [1.82, 2.24) is 0 Å². The van der Waals surface area contributed by atoms with Gasteiger partial charge in [0.2, 0.25) is 0 Å². The van der Waals surface area contributed by atoms with Crippen LogP contribution in [0.2, 0.25) is 0 Å². The predicted octanol–water partition coefficient (Wildman–Crippen LogP) is 1.51. The van der Waals surface area contributed by atoms with Gasteiger partial charge < -0.3 is 0 Å². The molecule has 0 N–H and O–H groups in total. The van der Waals surface area contributed by atoms with E-state index >= 15 is 0 Å². The second kappa shape index (κ2) is 3.54. The van der Waals surface area contributed by atoms with E-state index in [2.05, 4.69) is 0 Å². The predicted molar refractivity (Wildman–Crippen MR) is 47.1 cm³/mol. The van der Waals surface area contributed by atoms with Gasteiger partial charge in [-0.05, 0) is 6.07 Å². The molecule has 0 atom stereocenters. The Kier molecular flexibility index (Phi) is 2.45. The summed E-state index contributed by atoms with van der Waals surface area (Å²) in [6.45, 7) is 0. The standard InChI is InChI=1S/C8H7N3O2/c1-10(6-9)7-3-2-4-8(5-7)11(12)13/h2-5H,1H3. The van der Waals surface area contributed by atoms with Crippen LogP contribution in [0.4, 0.5) is 11.4 Å². The number of nitro benzene ring substituents is 1. The monoisotopic (exact) mass is 177 g/mol. The van der Waals surface area contributed by atoms with Crippen LogP contribution in [0.5, 0.6) is 0 Å². The van der Waals surface area contributed by atoms with Crippen LogP contribution in [0, 0.1) is 21.6 Å². The Morgan fingerprint density at radius 1 is 1.62 bits per heavy atom. The zero-order valence-corrected chi connectivity index (χ0v) is 6.97. The fraction of sp³-hybridized carbons (Fsp3) is 0.125. The molecule has 0 radical (unpaired) electrons. The fourth-order valence-electron chi connectivity index (χ4n) is 0.873. The van der Waals surface area contributed by atoms with E-state index in [9.17, 15) is 10.1 Å². The summed E-state index contributed by atoms with van der Waals surface area (Å²) in [4.78, 5) is 11.1. The molecule has 0 fully saturated rings. The van der Waals surface area contributed by atoms with Gasteiger partial charge >= 0.3 is 0 Å². The van der Waals surface area contributed by atoms with Crippen molar-refractivity contribution in [2.24, 2.45) is 0 Å². The van der Waals surface area contributed by atoms with Crippen molar-refractivity contribution in [2.45, 2.75) is 0 Å². The third kappa shape index (κ3) is 1.93.